The summed E-state index contributed by atoms with van der Waals surface area (Å²) in [7, 11) is 0. The van der Waals surface area contributed by atoms with Gasteiger partial charge in [-0.25, -0.2) is 0 Å². The van der Waals surface area contributed by atoms with Crippen molar-refractivity contribution in [2.75, 3.05) is 13.1 Å². The first-order valence-electron chi connectivity index (χ1n) is 11.7. The highest BCUT2D eigenvalue weighted by molar-refractivity contribution is 5.94. The van der Waals surface area contributed by atoms with Crippen molar-refractivity contribution in [3.05, 3.63) is 84.4 Å². The molecule has 4 rings (SSSR count). The normalized spacial score (nSPS) is 16.1. The van der Waals surface area contributed by atoms with E-state index in [1.165, 1.54) is 18.4 Å². The Bertz CT molecular complexity index is 1230. The van der Waals surface area contributed by atoms with Crippen LogP contribution in [0, 0.1) is 12.8 Å². The molecule has 33 heavy (non-hydrogen) atoms. The van der Waals surface area contributed by atoms with E-state index in [2.05, 4.69) is 71.8 Å². The third-order valence-corrected chi connectivity index (χ3v) is 6.36. The van der Waals surface area contributed by atoms with Crippen molar-refractivity contribution in [2.24, 2.45) is 5.92 Å². The molecule has 0 amide bonds. The van der Waals surface area contributed by atoms with Crippen LogP contribution in [0.2, 0.25) is 0 Å². The molecule has 1 fully saturated rings. The SMILES string of the molecule is C=C/C=C\c1cc(-c2n[nH]c3cnc(C(/C=C(\C=C)CC4CCNCC4)=C/C)cc23)[nH]c1C. The molecule has 0 radical (unpaired) electrons. The highest BCUT2D eigenvalue weighted by Crippen LogP contribution is 2.30. The first-order chi connectivity index (χ1) is 16.1. The quantitative estimate of drug-likeness (QED) is 0.357. The fraction of sp³-hybridized carbons (Fsp3) is 0.286. The van der Waals surface area contributed by atoms with Crippen molar-refractivity contribution >= 4 is 22.6 Å². The molecular formula is C28H33N5. The number of aryl methyl sites for hydroxylation is 1. The lowest BCUT2D eigenvalue weighted by Gasteiger charge is -2.23. The van der Waals surface area contributed by atoms with E-state index in [9.17, 15) is 0 Å². The van der Waals surface area contributed by atoms with Gasteiger partial charge >= 0.3 is 0 Å². The maximum absolute atomic E-state index is 4.72. The Kier molecular flexibility index (Phi) is 7.20. The summed E-state index contributed by atoms with van der Waals surface area (Å²) in [6.45, 7) is 14.2. The third-order valence-electron chi connectivity index (χ3n) is 6.36. The van der Waals surface area contributed by atoms with E-state index < -0.39 is 0 Å². The van der Waals surface area contributed by atoms with Gasteiger partial charge in [0.15, 0.2) is 0 Å². The molecule has 0 unspecified atom stereocenters. The summed E-state index contributed by atoms with van der Waals surface area (Å²) in [5.41, 5.74) is 8.32. The third kappa shape index (κ3) is 5.15. The Balaban J connectivity index is 1.66. The van der Waals surface area contributed by atoms with Crippen LogP contribution in [0.15, 0.2) is 67.4 Å². The van der Waals surface area contributed by atoms with Gasteiger partial charge in [-0.05, 0) is 87.0 Å². The number of nitrogens with zero attached hydrogens (tertiary/aromatic N) is 2. The maximum Gasteiger partial charge on any atom is 0.116 e. The molecule has 3 N–H and O–H groups in total. The lowest BCUT2D eigenvalue weighted by molar-refractivity contribution is 0.374. The van der Waals surface area contributed by atoms with Crippen LogP contribution in [0.5, 0.6) is 0 Å². The second-order valence-corrected chi connectivity index (χ2v) is 8.61. The number of fused-ring (bicyclic) bond motifs is 1. The largest absolute Gasteiger partial charge is 0.357 e. The second kappa shape index (κ2) is 10.5. The summed E-state index contributed by atoms with van der Waals surface area (Å²) in [6, 6.07) is 4.25. The van der Waals surface area contributed by atoms with E-state index in [1.54, 1.807) is 6.08 Å². The molecule has 1 aliphatic heterocycles. The number of aromatic nitrogens is 4. The van der Waals surface area contributed by atoms with Gasteiger partial charge in [-0.15, -0.1) is 0 Å². The summed E-state index contributed by atoms with van der Waals surface area (Å²) in [6.07, 6.45) is 17.5. The molecule has 3 aromatic heterocycles. The number of pyridine rings is 1. The van der Waals surface area contributed by atoms with E-state index in [4.69, 9.17) is 4.98 Å². The van der Waals surface area contributed by atoms with Crippen LogP contribution in [-0.2, 0) is 0 Å². The van der Waals surface area contributed by atoms with E-state index in [-0.39, 0.29) is 0 Å². The molecule has 0 atom stereocenters. The van der Waals surface area contributed by atoms with Gasteiger partial charge in [-0.1, -0.05) is 43.5 Å². The van der Waals surface area contributed by atoms with E-state index >= 15 is 0 Å². The molecule has 1 saturated heterocycles. The summed E-state index contributed by atoms with van der Waals surface area (Å²) < 4.78 is 0. The number of aromatic amines is 2. The molecule has 3 aromatic rings. The Hall–Kier alpha value is -3.44. The van der Waals surface area contributed by atoms with Crippen LogP contribution >= 0.6 is 0 Å². The van der Waals surface area contributed by atoms with Crippen molar-refractivity contribution < 1.29 is 0 Å². The Labute approximate surface area is 196 Å². The molecule has 0 aliphatic carbocycles. The number of piperidine rings is 1. The average Bonchev–Trinajstić information content (AvgIpc) is 3.43. The van der Waals surface area contributed by atoms with Gasteiger partial charge < -0.3 is 10.3 Å². The lowest BCUT2D eigenvalue weighted by atomic mass is 9.90. The summed E-state index contributed by atoms with van der Waals surface area (Å²) in [4.78, 5) is 8.19. The van der Waals surface area contributed by atoms with Crippen LogP contribution in [0.4, 0.5) is 0 Å². The first-order valence-corrected chi connectivity index (χ1v) is 11.7. The number of H-pyrrole nitrogens is 2. The predicted octanol–water partition coefficient (Wildman–Crippen LogP) is 6.37. The van der Waals surface area contributed by atoms with E-state index in [0.29, 0.717) is 5.92 Å². The van der Waals surface area contributed by atoms with E-state index in [0.717, 1.165) is 64.3 Å². The van der Waals surface area contributed by atoms with Crippen molar-refractivity contribution in [3.63, 3.8) is 0 Å². The molecule has 0 aromatic carbocycles. The summed E-state index contributed by atoms with van der Waals surface area (Å²) in [5.74, 6) is 0.713. The summed E-state index contributed by atoms with van der Waals surface area (Å²) >= 11 is 0. The molecule has 0 spiro atoms. The van der Waals surface area contributed by atoms with Crippen molar-refractivity contribution in [1.29, 1.82) is 0 Å². The Morgan fingerprint density at radius 1 is 1.21 bits per heavy atom. The molecule has 1 aliphatic rings. The van der Waals surface area contributed by atoms with Gasteiger partial charge in [0.1, 0.15) is 5.69 Å². The number of hydrogen-bond donors (Lipinski definition) is 3. The molecule has 5 heteroatoms. The number of rotatable bonds is 8. The van der Waals surface area contributed by atoms with Gasteiger partial charge in [-0.2, -0.15) is 5.10 Å². The standard InChI is InChI=1S/C28H33N5/c1-5-8-9-23-16-26(31-19(23)4)28-24-17-25(30-18-27(24)32-33-28)22(7-3)15-20(6-2)14-21-10-12-29-13-11-21/h5-9,15-18,21,29,31H,1-2,10-14H2,3-4H3,(H,32,33)/b9-8-,20-15+,22-7+. The molecule has 170 valence electrons. The Morgan fingerprint density at radius 3 is 2.76 bits per heavy atom. The monoisotopic (exact) mass is 439 g/mol. The van der Waals surface area contributed by atoms with Crippen molar-refractivity contribution in [1.82, 2.24) is 25.5 Å². The fourth-order valence-electron chi connectivity index (χ4n) is 4.45. The zero-order chi connectivity index (χ0) is 23.2. The van der Waals surface area contributed by atoms with Crippen LogP contribution in [0.3, 0.4) is 0 Å². The second-order valence-electron chi connectivity index (χ2n) is 8.61. The van der Waals surface area contributed by atoms with Crippen LogP contribution in [0.25, 0.3) is 33.9 Å². The molecule has 5 nitrogen and oxygen atoms in total. The average molecular weight is 440 g/mol. The molecule has 0 saturated carbocycles. The number of allylic oxidation sites excluding steroid dienone is 7. The highest BCUT2D eigenvalue weighted by Gasteiger charge is 2.16. The first kappa shape index (κ1) is 22.7. The zero-order valence-corrected chi connectivity index (χ0v) is 19.6. The van der Waals surface area contributed by atoms with Gasteiger partial charge in [0.25, 0.3) is 0 Å². The minimum atomic E-state index is 0.713. The molecular weight excluding hydrogens is 406 g/mol. The van der Waals surface area contributed by atoms with Gasteiger partial charge in [0.05, 0.1) is 23.1 Å². The minimum Gasteiger partial charge on any atom is -0.357 e. The maximum atomic E-state index is 4.72. The topological polar surface area (TPSA) is 69.4 Å². The van der Waals surface area contributed by atoms with Crippen molar-refractivity contribution in [3.8, 4) is 11.4 Å². The molecule has 0 bridgehead atoms. The predicted molar refractivity (Wildman–Crippen MR) is 140 cm³/mol. The highest BCUT2D eigenvalue weighted by atomic mass is 15.1. The summed E-state index contributed by atoms with van der Waals surface area (Å²) in [5, 5.41) is 12.2. The van der Waals surface area contributed by atoms with Crippen LogP contribution in [-0.4, -0.2) is 33.3 Å². The fourth-order valence-corrected chi connectivity index (χ4v) is 4.45. The van der Waals surface area contributed by atoms with Gasteiger partial charge in [0, 0.05) is 11.1 Å². The number of nitrogens with one attached hydrogen (secondary N) is 3. The number of hydrogen-bond acceptors (Lipinski definition) is 3. The smallest absolute Gasteiger partial charge is 0.116 e. The van der Waals surface area contributed by atoms with E-state index in [1.807, 2.05) is 24.4 Å². The molecule has 4 heterocycles. The zero-order valence-electron chi connectivity index (χ0n) is 19.6. The van der Waals surface area contributed by atoms with Crippen LogP contribution < -0.4 is 5.32 Å². The van der Waals surface area contributed by atoms with Crippen molar-refractivity contribution in [2.45, 2.75) is 33.1 Å². The van der Waals surface area contributed by atoms with Gasteiger partial charge in [-0.3, -0.25) is 10.1 Å². The Morgan fingerprint density at radius 2 is 2.03 bits per heavy atom. The van der Waals surface area contributed by atoms with Crippen LogP contribution in [0.1, 0.15) is 43.1 Å². The van der Waals surface area contributed by atoms with Gasteiger partial charge in [0.2, 0.25) is 0 Å². The minimum absolute atomic E-state index is 0.713. The lowest BCUT2D eigenvalue weighted by Crippen LogP contribution is -2.27.